The van der Waals surface area contributed by atoms with E-state index in [2.05, 4.69) is 16.9 Å². The number of carbonyl (C=O) groups excluding carboxylic acids is 1. The van der Waals surface area contributed by atoms with Gasteiger partial charge < -0.3 is 15.8 Å². The van der Waals surface area contributed by atoms with Crippen LogP contribution in [0, 0.1) is 5.82 Å². The van der Waals surface area contributed by atoms with Crippen LogP contribution in [0.15, 0.2) is 53.0 Å². The second-order valence-electron chi connectivity index (χ2n) is 4.15. The molecule has 0 spiro atoms. The highest BCUT2D eigenvalue weighted by molar-refractivity contribution is 6.05. The van der Waals surface area contributed by atoms with E-state index in [0.29, 0.717) is 18.1 Å². The predicted octanol–water partition coefficient (Wildman–Crippen LogP) is 2.58. The molecule has 1 rings (SSSR count). The molecule has 0 aliphatic carbocycles. The third kappa shape index (κ3) is 5.48. The van der Waals surface area contributed by atoms with Crippen molar-refractivity contribution in [3.63, 3.8) is 0 Å². The molecular formula is C15H18FN3O2. The smallest absolute Gasteiger partial charge is 0.276 e. The Balaban J connectivity index is 2.82. The largest absolute Gasteiger partial charge is 0.493 e. The minimum atomic E-state index is -0.498. The number of carbonyl (C=O) groups is 1. The van der Waals surface area contributed by atoms with Gasteiger partial charge in [-0.05, 0) is 38.1 Å². The summed E-state index contributed by atoms with van der Waals surface area (Å²) >= 11 is 0. The van der Waals surface area contributed by atoms with Gasteiger partial charge >= 0.3 is 0 Å². The molecule has 0 heterocycles. The molecule has 0 aliphatic heterocycles. The van der Waals surface area contributed by atoms with Gasteiger partial charge in [0.25, 0.3) is 5.91 Å². The van der Waals surface area contributed by atoms with Gasteiger partial charge in [0.15, 0.2) is 0 Å². The quantitative estimate of drug-likeness (QED) is 0.480. The molecular weight excluding hydrogens is 273 g/mol. The Bertz CT molecular complexity index is 573. The highest BCUT2D eigenvalue weighted by Crippen LogP contribution is 2.11. The minimum Gasteiger partial charge on any atom is -0.493 e. The average molecular weight is 291 g/mol. The lowest BCUT2D eigenvalue weighted by Gasteiger charge is -2.07. The molecule has 0 unspecified atom stereocenters. The zero-order valence-electron chi connectivity index (χ0n) is 12.0. The SMILES string of the molecule is C=C(C=N/C(C(=O)Nc1ccc(F)cc1)=C(\C)N)OCC. The van der Waals surface area contributed by atoms with Crippen LogP contribution < -0.4 is 11.1 Å². The molecule has 0 aliphatic rings. The van der Waals surface area contributed by atoms with E-state index in [1.54, 1.807) is 6.92 Å². The Morgan fingerprint density at radius 1 is 1.48 bits per heavy atom. The first-order valence-corrected chi connectivity index (χ1v) is 6.33. The highest BCUT2D eigenvalue weighted by Gasteiger charge is 2.11. The standard InChI is InChI=1S/C15H18FN3O2/c1-4-21-10(2)9-18-14(11(3)17)15(20)19-13-7-5-12(16)6-8-13/h5-9H,2,4,17H2,1,3H3,(H,19,20)/b14-11+,18-9?. The van der Waals surface area contributed by atoms with Gasteiger partial charge in [0, 0.05) is 11.4 Å². The first kappa shape index (κ1) is 16.4. The van der Waals surface area contributed by atoms with Gasteiger partial charge in [0.1, 0.15) is 17.3 Å². The summed E-state index contributed by atoms with van der Waals surface area (Å²) in [7, 11) is 0. The summed E-state index contributed by atoms with van der Waals surface area (Å²) in [6, 6.07) is 5.38. The van der Waals surface area contributed by atoms with Crippen LogP contribution in [0.3, 0.4) is 0 Å². The molecule has 0 atom stereocenters. The fourth-order valence-corrected chi connectivity index (χ4v) is 1.42. The Morgan fingerprint density at radius 3 is 2.62 bits per heavy atom. The number of anilines is 1. The van der Waals surface area contributed by atoms with E-state index in [9.17, 15) is 9.18 Å². The predicted molar refractivity (Wildman–Crippen MR) is 81.2 cm³/mol. The number of nitrogens with one attached hydrogen (secondary N) is 1. The second-order valence-corrected chi connectivity index (χ2v) is 4.15. The molecule has 0 bridgehead atoms. The van der Waals surface area contributed by atoms with E-state index in [1.165, 1.54) is 30.5 Å². The van der Waals surface area contributed by atoms with Crippen molar-refractivity contribution in [3.8, 4) is 0 Å². The number of benzene rings is 1. The number of nitrogens with zero attached hydrogens (tertiary/aromatic N) is 1. The first-order chi connectivity index (χ1) is 9.93. The number of hydrogen-bond acceptors (Lipinski definition) is 4. The molecule has 0 saturated carbocycles. The number of aliphatic imine (C=N–C) groups is 1. The van der Waals surface area contributed by atoms with Crippen LogP contribution in [0.25, 0.3) is 0 Å². The molecule has 112 valence electrons. The van der Waals surface area contributed by atoms with Crippen LogP contribution in [-0.2, 0) is 9.53 Å². The summed E-state index contributed by atoms with van der Waals surface area (Å²) in [6.45, 7) is 7.44. The van der Waals surface area contributed by atoms with Crippen molar-refractivity contribution in [1.82, 2.24) is 0 Å². The molecule has 0 aromatic heterocycles. The van der Waals surface area contributed by atoms with E-state index in [1.807, 2.05) is 6.92 Å². The molecule has 1 amide bonds. The van der Waals surface area contributed by atoms with Crippen LogP contribution in [0.2, 0.25) is 0 Å². The topological polar surface area (TPSA) is 76.7 Å². The van der Waals surface area contributed by atoms with Gasteiger partial charge in [0.2, 0.25) is 0 Å². The number of allylic oxidation sites excluding steroid dienone is 2. The van der Waals surface area contributed by atoms with Crippen molar-refractivity contribution < 1.29 is 13.9 Å². The summed E-state index contributed by atoms with van der Waals surface area (Å²) in [5, 5.41) is 2.58. The van der Waals surface area contributed by atoms with Crippen molar-refractivity contribution in [1.29, 1.82) is 0 Å². The van der Waals surface area contributed by atoms with Gasteiger partial charge in [0.05, 0.1) is 12.8 Å². The van der Waals surface area contributed by atoms with Gasteiger partial charge in [-0.15, -0.1) is 0 Å². The maximum Gasteiger partial charge on any atom is 0.276 e. The number of halogens is 1. The van der Waals surface area contributed by atoms with Crippen LogP contribution in [0.1, 0.15) is 13.8 Å². The molecule has 21 heavy (non-hydrogen) atoms. The minimum absolute atomic E-state index is 0.0418. The van der Waals surface area contributed by atoms with E-state index in [-0.39, 0.29) is 17.2 Å². The summed E-state index contributed by atoms with van der Waals surface area (Å²) in [4.78, 5) is 16.1. The van der Waals surface area contributed by atoms with Crippen LogP contribution >= 0.6 is 0 Å². The van der Waals surface area contributed by atoms with Crippen molar-refractivity contribution in [2.24, 2.45) is 10.7 Å². The third-order valence-corrected chi connectivity index (χ3v) is 2.36. The van der Waals surface area contributed by atoms with E-state index >= 15 is 0 Å². The summed E-state index contributed by atoms with van der Waals surface area (Å²) in [5.41, 5.74) is 6.38. The lowest BCUT2D eigenvalue weighted by Crippen LogP contribution is -2.17. The lowest BCUT2D eigenvalue weighted by atomic mass is 10.3. The zero-order chi connectivity index (χ0) is 15.8. The highest BCUT2D eigenvalue weighted by atomic mass is 19.1. The molecule has 1 aromatic rings. The van der Waals surface area contributed by atoms with E-state index in [4.69, 9.17) is 10.5 Å². The fraction of sp³-hybridized carbons (Fsp3) is 0.200. The number of rotatable bonds is 6. The lowest BCUT2D eigenvalue weighted by molar-refractivity contribution is -0.112. The van der Waals surface area contributed by atoms with Crippen molar-refractivity contribution in [3.05, 3.63) is 53.8 Å². The Kier molecular flexibility index (Phi) is 6.13. The van der Waals surface area contributed by atoms with E-state index < -0.39 is 5.91 Å². The number of amides is 1. The fourth-order valence-electron chi connectivity index (χ4n) is 1.42. The monoisotopic (exact) mass is 291 g/mol. The maximum absolute atomic E-state index is 12.8. The second kappa shape index (κ2) is 7.84. The Morgan fingerprint density at radius 2 is 2.10 bits per heavy atom. The normalized spacial score (nSPS) is 12.0. The summed E-state index contributed by atoms with van der Waals surface area (Å²) < 4.78 is 17.9. The van der Waals surface area contributed by atoms with Crippen molar-refractivity contribution in [2.75, 3.05) is 11.9 Å². The average Bonchev–Trinajstić information content (AvgIpc) is 2.41. The third-order valence-electron chi connectivity index (χ3n) is 2.36. The van der Waals surface area contributed by atoms with Crippen LogP contribution in [0.4, 0.5) is 10.1 Å². The summed E-state index contributed by atoms with van der Waals surface area (Å²) in [6.07, 6.45) is 1.32. The molecule has 1 aromatic carbocycles. The Labute approximate surface area is 123 Å². The summed E-state index contributed by atoms with van der Waals surface area (Å²) in [5.74, 6) is -0.558. The zero-order valence-corrected chi connectivity index (χ0v) is 12.0. The number of ether oxygens (including phenoxy) is 1. The van der Waals surface area contributed by atoms with E-state index in [0.717, 1.165) is 0 Å². The van der Waals surface area contributed by atoms with Gasteiger partial charge in [-0.1, -0.05) is 6.58 Å². The number of nitrogens with two attached hydrogens (primary N) is 1. The molecule has 5 nitrogen and oxygen atoms in total. The molecule has 0 radical (unpaired) electrons. The number of hydrogen-bond donors (Lipinski definition) is 2. The molecule has 6 heteroatoms. The molecule has 0 saturated heterocycles. The van der Waals surface area contributed by atoms with Crippen LogP contribution in [-0.4, -0.2) is 18.7 Å². The van der Waals surface area contributed by atoms with Gasteiger partial charge in [-0.25, -0.2) is 9.38 Å². The maximum atomic E-state index is 12.8. The molecule has 3 N–H and O–H groups in total. The Hall–Kier alpha value is -2.63. The van der Waals surface area contributed by atoms with Gasteiger partial charge in [-0.2, -0.15) is 0 Å². The van der Waals surface area contributed by atoms with Crippen molar-refractivity contribution >= 4 is 17.8 Å². The molecule has 0 fully saturated rings. The van der Waals surface area contributed by atoms with Crippen LogP contribution in [0.5, 0.6) is 0 Å². The van der Waals surface area contributed by atoms with Crippen molar-refractivity contribution in [2.45, 2.75) is 13.8 Å². The van der Waals surface area contributed by atoms with Gasteiger partial charge in [-0.3, -0.25) is 4.79 Å². The first-order valence-electron chi connectivity index (χ1n) is 6.33.